The number of carbonyl (C=O) groups is 1. The molecule has 8 heteroatoms. The van der Waals surface area contributed by atoms with E-state index in [9.17, 15) is 4.79 Å². The van der Waals surface area contributed by atoms with Gasteiger partial charge in [-0.15, -0.1) is 5.10 Å². The summed E-state index contributed by atoms with van der Waals surface area (Å²) < 4.78 is 6.64. The van der Waals surface area contributed by atoms with Gasteiger partial charge in [0.25, 0.3) is 0 Å². The smallest absolute Gasteiger partial charge is 0.244 e. The normalized spacial score (nSPS) is 14.9. The molecule has 0 aromatic carbocycles. The number of carbonyl (C=O) groups excluding carboxylic acids is 1. The van der Waals surface area contributed by atoms with Crippen LogP contribution in [0.5, 0.6) is 0 Å². The van der Waals surface area contributed by atoms with Crippen molar-refractivity contribution in [3.63, 3.8) is 0 Å². The lowest BCUT2D eigenvalue weighted by Crippen LogP contribution is -2.51. The number of tetrazole rings is 1. The van der Waals surface area contributed by atoms with Crippen molar-refractivity contribution >= 4 is 17.2 Å². The Bertz CT molecular complexity index is 775. The maximum atomic E-state index is 12.4. The van der Waals surface area contributed by atoms with E-state index in [1.165, 1.54) is 5.56 Å². The van der Waals surface area contributed by atoms with Crippen molar-refractivity contribution < 1.29 is 9.21 Å². The molecule has 118 valence electrons. The van der Waals surface area contributed by atoms with E-state index in [2.05, 4.69) is 15.5 Å². The zero-order valence-electron chi connectivity index (χ0n) is 12.3. The van der Waals surface area contributed by atoms with Gasteiger partial charge < -0.3 is 9.32 Å². The van der Waals surface area contributed by atoms with Crippen LogP contribution in [0.25, 0.3) is 11.4 Å². The predicted molar refractivity (Wildman–Crippen MR) is 83.6 cm³/mol. The molecule has 0 unspecified atom stereocenters. The highest BCUT2D eigenvalue weighted by Gasteiger charge is 2.31. The first kappa shape index (κ1) is 14.1. The van der Waals surface area contributed by atoms with Crippen molar-refractivity contribution in [3.05, 3.63) is 41.0 Å². The SMILES string of the molecule is O=C(Cn1nnnc1-c1ccsc1)N1CC(Cc2ccoc2)C1. The average Bonchev–Trinajstić information content (AvgIpc) is 3.23. The summed E-state index contributed by atoms with van der Waals surface area (Å²) in [7, 11) is 0. The molecule has 23 heavy (non-hydrogen) atoms. The molecule has 3 aromatic rings. The molecule has 4 rings (SSSR count). The predicted octanol–water partition coefficient (Wildman–Crippen LogP) is 1.70. The van der Waals surface area contributed by atoms with Gasteiger partial charge in [-0.3, -0.25) is 4.79 Å². The second-order valence-electron chi connectivity index (χ2n) is 5.67. The number of nitrogens with zero attached hydrogens (tertiary/aromatic N) is 5. The molecule has 7 nitrogen and oxygen atoms in total. The molecule has 1 saturated heterocycles. The summed E-state index contributed by atoms with van der Waals surface area (Å²) >= 11 is 1.58. The highest BCUT2D eigenvalue weighted by atomic mass is 32.1. The Morgan fingerprint density at radius 1 is 1.39 bits per heavy atom. The molecular formula is C15H15N5O2S. The molecule has 0 spiro atoms. The first-order valence-corrected chi connectivity index (χ1v) is 8.31. The lowest BCUT2D eigenvalue weighted by atomic mass is 9.93. The summed E-state index contributed by atoms with van der Waals surface area (Å²) in [5.74, 6) is 1.19. The van der Waals surface area contributed by atoms with Crippen molar-refractivity contribution in [2.75, 3.05) is 13.1 Å². The minimum Gasteiger partial charge on any atom is -0.472 e. The minimum absolute atomic E-state index is 0.0530. The van der Waals surface area contributed by atoms with Crippen molar-refractivity contribution in [2.45, 2.75) is 13.0 Å². The fraction of sp³-hybridized carbons (Fsp3) is 0.333. The van der Waals surface area contributed by atoms with E-state index in [1.807, 2.05) is 27.8 Å². The molecule has 4 heterocycles. The zero-order valence-corrected chi connectivity index (χ0v) is 13.1. The molecule has 0 N–H and O–H groups in total. The van der Waals surface area contributed by atoms with Crippen LogP contribution < -0.4 is 0 Å². The molecule has 0 radical (unpaired) electrons. The van der Waals surface area contributed by atoms with Crippen LogP contribution >= 0.6 is 11.3 Å². The van der Waals surface area contributed by atoms with Gasteiger partial charge in [0, 0.05) is 24.0 Å². The maximum absolute atomic E-state index is 12.4. The summed E-state index contributed by atoms with van der Waals surface area (Å²) in [6, 6.07) is 3.92. The molecule has 1 fully saturated rings. The molecule has 1 aliphatic rings. The zero-order chi connectivity index (χ0) is 15.6. The lowest BCUT2D eigenvalue weighted by Gasteiger charge is -2.39. The summed E-state index contributed by atoms with van der Waals surface area (Å²) in [6.07, 6.45) is 4.39. The maximum Gasteiger partial charge on any atom is 0.244 e. The molecule has 1 amide bonds. The van der Waals surface area contributed by atoms with Crippen LogP contribution in [0.3, 0.4) is 0 Å². The molecule has 0 saturated carbocycles. The second-order valence-corrected chi connectivity index (χ2v) is 6.45. The minimum atomic E-state index is 0.0530. The van der Waals surface area contributed by atoms with Crippen LogP contribution in [0.4, 0.5) is 0 Å². The highest BCUT2D eigenvalue weighted by Crippen LogP contribution is 2.22. The van der Waals surface area contributed by atoms with Crippen molar-refractivity contribution in [3.8, 4) is 11.4 Å². The number of hydrogen-bond donors (Lipinski definition) is 0. The topological polar surface area (TPSA) is 77.1 Å². The van der Waals surface area contributed by atoms with E-state index in [-0.39, 0.29) is 12.5 Å². The van der Waals surface area contributed by atoms with E-state index < -0.39 is 0 Å². The Morgan fingerprint density at radius 3 is 3.04 bits per heavy atom. The van der Waals surface area contributed by atoms with Crippen LogP contribution in [-0.2, 0) is 17.8 Å². The van der Waals surface area contributed by atoms with Gasteiger partial charge in [0.2, 0.25) is 5.91 Å². The number of amides is 1. The molecular weight excluding hydrogens is 314 g/mol. The fourth-order valence-electron chi connectivity index (χ4n) is 2.78. The van der Waals surface area contributed by atoms with Gasteiger partial charge in [0.1, 0.15) is 6.54 Å². The third-order valence-corrected chi connectivity index (χ3v) is 4.69. The van der Waals surface area contributed by atoms with Gasteiger partial charge in [-0.05, 0) is 45.8 Å². The molecule has 0 bridgehead atoms. The van der Waals surface area contributed by atoms with E-state index in [4.69, 9.17) is 4.42 Å². The van der Waals surface area contributed by atoms with Crippen LogP contribution in [-0.4, -0.2) is 44.1 Å². The molecule has 0 aliphatic carbocycles. The summed E-state index contributed by atoms with van der Waals surface area (Å²) in [5, 5.41) is 15.6. The van der Waals surface area contributed by atoms with Gasteiger partial charge in [-0.2, -0.15) is 11.3 Å². The van der Waals surface area contributed by atoms with Gasteiger partial charge in [0.15, 0.2) is 5.82 Å². The fourth-order valence-corrected chi connectivity index (χ4v) is 3.42. The van der Waals surface area contributed by atoms with E-state index >= 15 is 0 Å². The number of furan rings is 1. The third kappa shape index (κ3) is 2.89. The summed E-state index contributed by atoms with van der Waals surface area (Å²) in [6.45, 7) is 1.73. The summed E-state index contributed by atoms with van der Waals surface area (Å²) in [4.78, 5) is 14.2. The van der Waals surface area contributed by atoms with Gasteiger partial charge in [-0.25, -0.2) is 4.68 Å². The lowest BCUT2D eigenvalue weighted by molar-refractivity contribution is -0.138. The van der Waals surface area contributed by atoms with E-state index in [0.29, 0.717) is 11.7 Å². The summed E-state index contributed by atoms with van der Waals surface area (Å²) in [5.41, 5.74) is 2.12. The average molecular weight is 329 g/mol. The third-order valence-electron chi connectivity index (χ3n) is 4.01. The first-order chi connectivity index (χ1) is 11.3. The van der Waals surface area contributed by atoms with Crippen molar-refractivity contribution in [1.82, 2.24) is 25.1 Å². The Hall–Kier alpha value is -2.48. The van der Waals surface area contributed by atoms with Gasteiger partial charge in [-0.1, -0.05) is 0 Å². The number of aromatic nitrogens is 4. The molecule has 3 aromatic heterocycles. The Balaban J connectivity index is 1.34. The number of rotatable bonds is 5. The number of thiophene rings is 1. The number of likely N-dealkylation sites (tertiary alicyclic amines) is 1. The van der Waals surface area contributed by atoms with Gasteiger partial charge >= 0.3 is 0 Å². The molecule has 0 atom stereocenters. The second kappa shape index (κ2) is 5.96. The Morgan fingerprint density at radius 2 is 2.30 bits per heavy atom. The van der Waals surface area contributed by atoms with E-state index in [1.54, 1.807) is 28.5 Å². The van der Waals surface area contributed by atoms with Crippen LogP contribution in [0, 0.1) is 5.92 Å². The largest absolute Gasteiger partial charge is 0.472 e. The van der Waals surface area contributed by atoms with Crippen LogP contribution in [0.1, 0.15) is 5.56 Å². The molecule has 1 aliphatic heterocycles. The van der Waals surface area contributed by atoms with Gasteiger partial charge in [0.05, 0.1) is 12.5 Å². The van der Waals surface area contributed by atoms with Crippen molar-refractivity contribution in [2.24, 2.45) is 5.92 Å². The Kier molecular flexibility index (Phi) is 3.66. The quantitative estimate of drug-likeness (QED) is 0.712. The van der Waals surface area contributed by atoms with Crippen molar-refractivity contribution in [1.29, 1.82) is 0 Å². The van der Waals surface area contributed by atoms with Crippen LogP contribution in [0.2, 0.25) is 0 Å². The number of hydrogen-bond acceptors (Lipinski definition) is 6. The highest BCUT2D eigenvalue weighted by molar-refractivity contribution is 7.08. The standard InChI is InChI=1S/C15H15N5O2S/c21-14(19-6-12(7-19)5-11-1-3-22-9-11)8-20-15(16-17-18-20)13-2-4-23-10-13/h1-4,9-10,12H,5-8H2. The first-order valence-electron chi connectivity index (χ1n) is 7.37. The Labute approximate surface area is 136 Å². The van der Waals surface area contributed by atoms with Crippen LogP contribution in [0.15, 0.2) is 39.8 Å². The van der Waals surface area contributed by atoms with E-state index in [0.717, 1.165) is 25.1 Å². The monoisotopic (exact) mass is 329 g/mol.